The topological polar surface area (TPSA) is 54.1 Å². The maximum absolute atomic E-state index is 9.17. The van der Waals surface area contributed by atoms with Crippen molar-refractivity contribution in [2.24, 2.45) is 0 Å². The summed E-state index contributed by atoms with van der Waals surface area (Å²) in [6, 6.07) is 4.72. The van der Waals surface area contributed by atoms with Gasteiger partial charge < -0.3 is 9.80 Å². The standard InChI is InChI=1S/C46H86N4/c1-3-5-7-9-11-13-15-17-19-21-23-25-27-29-31-33-41-49(45-37-39-47)43-35-36-44-50(46-38-40-48)42-34-32-30-28-26-24-22-20-18-16-14-12-10-8-6-4-2/h17-20H,3-16,21-38,41-46H2,1-2H3/b19-17+,20-18+. The molecule has 0 saturated heterocycles. The summed E-state index contributed by atoms with van der Waals surface area (Å²) in [6.07, 6.45) is 51.0. The van der Waals surface area contributed by atoms with Crippen molar-refractivity contribution < 1.29 is 0 Å². The summed E-state index contributed by atoms with van der Waals surface area (Å²) in [7, 11) is 0. The van der Waals surface area contributed by atoms with Crippen LogP contribution in [0.25, 0.3) is 0 Å². The zero-order chi connectivity index (χ0) is 36.3. The highest BCUT2D eigenvalue weighted by molar-refractivity contribution is 4.82. The van der Waals surface area contributed by atoms with Crippen molar-refractivity contribution in [1.82, 2.24) is 9.80 Å². The smallest absolute Gasteiger partial charge is 0.0635 e. The Bertz CT molecular complexity index is 725. The minimum absolute atomic E-state index is 0.636. The highest BCUT2D eigenvalue weighted by atomic mass is 15.1. The van der Waals surface area contributed by atoms with E-state index < -0.39 is 0 Å². The molecule has 50 heavy (non-hydrogen) atoms. The minimum Gasteiger partial charge on any atom is -0.302 e. The van der Waals surface area contributed by atoms with Crippen LogP contribution in [0.4, 0.5) is 0 Å². The Morgan fingerprint density at radius 1 is 0.320 bits per heavy atom. The number of nitrogens with zero attached hydrogens (tertiary/aromatic N) is 4. The first-order valence-electron chi connectivity index (χ1n) is 22.3. The van der Waals surface area contributed by atoms with E-state index in [1.807, 2.05) is 0 Å². The first-order valence-corrected chi connectivity index (χ1v) is 22.3. The van der Waals surface area contributed by atoms with E-state index in [1.54, 1.807) is 0 Å². The SMILES string of the molecule is CCCCCCCC/C=C/CCCCCCCCN(CCC#N)CCCCN(CCC#N)CCCCCCCC/C=C/CCCCCCCC. The molecule has 0 aliphatic carbocycles. The van der Waals surface area contributed by atoms with E-state index in [1.165, 1.54) is 193 Å². The molecule has 4 heteroatoms. The molecule has 0 aliphatic rings. The van der Waals surface area contributed by atoms with Crippen molar-refractivity contribution in [2.75, 3.05) is 39.3 Å². The van der Waals surface area contributed by atoms with E-state index in [-0.39, 0.29) is 0 Å². The van der Waals surface area contributed by atoms with E-state index in [2.05, 4.69) is 60.1 Å². The predicted octanol–water partition coefficient (Wildman–Crippen LogP) is 14.3. The van der Waals surface area contributed by atoms with Gasteiger partial charge in [-0.2, -0.15) is 10.5 Å². The Morgan fingerprint density at radius 2 is 0.560 bits per heavy atom. The van der Waals surface area contributed by atoms with Gasteiger partial charge in [0.1, 0.15) is 0 Å². The molecule has 0 aromatic carbocycles. The molecule has 0 aromatic heterocycles. The second kappa shape index (κ2) is 43.5. The Labute approximate surface area is 314 Å². The lowest BCUT2D eigenvalue weighted by molar-refractivity contribution is 0.239. The maximum Gasteiger partial charge on any atom is 0.0635 e. The molecule has 0 atom stereocenters. The van der Waals surface area contributed by atoms with E-state index >= 15 is 0 Å². The lowest BCUT2D eigenvalue weighted by Gasteiger charge is -2.24. The minimum atomic E-state index is 0.636. The van der Waals surface area contributed by atoms with Gasteiger partial charge in [-0.15, -0.1) is 0 Å². The molecule has 0 radical (unpaired) electrons. The van der Waals surface area contributed by atoms with Crippen LogP contribution >= 0.6 is 0 Å². The van der Waals surface area contributed by atoms with Gasteiger partial charge in [-0.3, -0.25) is 0 Å². The third-order valence-electron chi connectivity index (χ3n) is 10.3. The van der Waals surface area contributed by atoms with Crippen LogP contribution in [-0.4, -0.2) is 49.1 Å². The molecule has 4 nitrogen and oxygen atoms in total. The van der Waals surface area contributed by atoms with Crippen LogP contribution in [-0.2, 0) is 0 Å². The number of nitriles is 2. The highest BCUT2D eigenvalue weighted by Crippen LogP contribution is 2.13. The van der Waals surface area contributed by atoms with Crippen molar-refractivity contribution in [3.8, 4) is 12.1 Å². The van der Waals surface area contributed by atoms with Gasteiger partial charge in [0, 0.05) is 25.9 Å². The number of unbranched alkanes of at least 4 members (excludes halogenated alkanes) is 25. The molecule has 0 fully saturated rings. The number of hydrogen-bond acceptors (Lipinski definition) is 4. The Kier molecular flexibility index (Phi) is 42.1. The van der Waals surface area contributed by atoms with Gasteiger partial charge >= 0.3 is 0 Å². The van der Waals surface area contributed by atoms with Crippen LogP contribution in [0.15, 0.2) is 24.3 Å². The van der Waals surface area contributed by atoms with Crippen LogP contribution < -0.4 is 0 Å². The summed E-state index contributed by atoms with van der Waals surface area (Å²) < 4.78 is 0. The van der Waals surface area contributed by atoms with Crippen LogP contribution in [0.5, 0.6) is 0 Å². The van der Waals surface area contributed by atoms with E-state index in [9.17, 15) is 10.5 Å². The summed E-state index contributed by atoms with van der Waals surface area (Å²) in [5, 5.41) is 18.3. The average Bonchev–Trinajstić information content (AvgIpc) is 3.13. The highest BCUT2D eigenvalue weighted by Gasteiger charge is 2.08. The molecule has 0 spiro atoms. The fourth-order valence-corrected chi connectivity index (χ4v) is 6.92. The monoisotopic (exact) mass is 695 g/mol. The van der Waals surface area contributed by atoms with Crippen molar-refractivity contribution in [2.45, 2.75) is 219 Å². The lowest BCUT2D eigenvalue weighted by Crippen LogP contribution is -2.30. The summed E-state index contributed by atoms with van der Waals surface area (Å²) >= 11 is 0. The number of rotatable bonds is 41. The van der Waals surface area contributed by atoms with Crippen LogP contribution in [0.3, 0.4) is 0 Å². The van der Waals surface area contributed by atoms with Crippen LogP contribution in [0.2, 0.25) is 0 Å². The molecule has 0 saturated carbocycles. The second-order valence-electron chi connectivity index (χ2n) is 15.1. The van der Waals surface area contributed by atoms with Gasteiger partial charge in [-0.1, -0.05) is 154 Å². The molecular formula is C46H86N4. The van der Waals surface area contributed by atoms with Gasteiger partial charge in [-0.25, -0.2) is 0 Å². The Morgan fingerprint density at radius 3 is 0.840 bits per heavy atom. The quantitative estimate of drug-likeness (QED) is 0.0472. The molecule has 0 heterocycles. The molecule has 0 unspecified atom stereocenters. The molecule has 0 N–H and O–H groups in total. The van der Waals surface area contributed by atoms with Crippen molar-refractivity contribution >= 4 is 0 Å². The van der Waals surface area contributed by atoms with Crippen molar-refractivity contribution in [1.29, 1.82) is 10.5 Å². The normalized spacial score (nSPS) is 11.8. The first kappa shape index (κ1) is 48.4. The maximum atomic E-state index is 9.17. The largest absolute Gasteiger partial charge is 0.302 e. The van der Waals surface area contributed by atoms with E-state index in [0.29, 0.717) is 12.8 Å². The third kappa shape index (κ3) is 39.2. The van der Waals surface area contributed by atoms with Crippen molar-refractivity contribution in [3.05, 3.63) is 24.3 Å². The summed E-state index contributed by atoms with van der Waals surface area (Å²) in [6.45, 7) is 10.9. The molecular weight excluding hydrogens is 609 g/mol. The van der Waals surface area contributed by atoms with Crippen molar-refractivity contribution in [3.63, 3.8) is 0 Å². The lowest BCUT2D eigenvalue weighted by atomic mass is 10.1. The fraction of sp³-hybridized carbons (Fsp3) is 0.870. The average molecular weight is 695 g/mol. The third-order valence-corrected chi connectivity index (χ3v) is 10.3. The molecule has 0 bridgehead atoms. The molecule has 0 rings (SSSR count). The first-order chi connectivity index (χ1) is 24.8. The Hall–Kier alpha value is -1.62. The number of hydrogen-bond donors (Lipinski definition) is 0. The van der Waals surface area contributed by atoms with Gasteiger partial charge in [0.15, 0.2) is 0 Å². The summed E-state index contributed by atoms with van der Waals surface area (Å²) in [5.74, 6) is 0. The fourth-order valence-electron chi connectivity index (χ4n) is 6.92. The van der Waals surface area contributed by atoms with Crippen LogP contribution in [0.1, 0.15) is 219 Å². The molecule has 0 amide bonds. The second-order valence-corrected chi connectivity index (χ2v) is 15.1. The van der Waals surface area contributed by atoms with E-state index in [4.69, 9.17) is 0 Å². The van der Waals surface area contributed by atoms with Gasteiger partial charge in [0.2, 0.25) is 0 Å². The number of allylic oxidation sites excluding steroid dienone is 4. The zero-order valence-corrected chi connectivity index (χ0v) is 34.0. The summed E-state index contributed by atoms with van der Waals surface area (Å²) in [4.78, 5) is 5.06. The zero-order valence-electron chi connectivity index (χ0n) is 34.0. The molecule has 0 aromatic rings. The molecule has 290 valence electrons. The van der Waals surface area contributed by atoms with E-state index in [0.717, 1.165) is 39.3 Å². The van der Waals surface area contributed by atoms with Crippen LogP contribution in [0, 0.1) is 22.7 Å². The van der Waals surface area contributed by atoms with Gasteiger partial charge in [-0.05, 0) is 103 Å². The Balaban J connectivity index is 3.89. The van der Waals surface area contributed by atoms with Gasteiger partial charge in [0.05, 0.1) is 12.1 Å². The van der Waals surface area contributed by atoms with Gasteiger partial charge in [0.25, 0.3) is 0 Å². The summed E-state index contributed by atoms with van der Waals surface area (Å²) in [5.41, 5.74) is 0. The molecule has 0 aliphatic heterocycles. The predicted molar refractivity (Wildman–Crippen MR) is 221 cm³/mol.